The molecule has 1 aromatic rings. The van der Waals surface area contributed by atoms with E-state index in [1.54, 1.807) is 12.3 Å². The van der Waals surface area contributed by atoms with Crippen molar-refractivity contribution in [1.82, 2.24) is 10.3 Å². The predicted octanol–water partition coefficient (Wildman–Crippen LogP) is 1.33. The minimum absolute atomic E-state index is 0.200. The first-order valence-corrected chi connectivity index (χ1v) is 5.09. The number of hydrogen-bond donors (Lipinski definition) is 2. The topological polar surface area (TPSA) is 45.1 Å². The van der Waals surface area contributed by atoms with Gasteiger partial charge in [0, 0.05) is 19.3 Å². The van der Waals surface area contributed by atoms with E-state index in [-0.39, 0.29) is 11.7 Å². The number of aromatic nitrogens is 1. The Morgan fingerprint density at radius 3 is 2.87 bits per heavy atom. The van der Waals surface area contributed by atoms with Gasteiger partial charge >= 0.3 is 0 Å². The van der Waals surface area contributed by atoms with Crippen molar-refractivity contribution >= 4 is 0 Å². The highest BCUT2D eigenvalue weighted by Gasteiger charge is 2.09. The maximum absolute atomic E-state index is 13.1. The minimum atomic E-state index is -0.406. The zero-order valence-electron chi connectivity index (χ0n) is 9.07. The lowest BCUT2D eigenvalue weighted by Gasteiger charge is -2.14. The second-order valence-corrected chi connectivity index (χ2v) is 3.87. The van der Waals surface area contributed by atoms with Gasteiger partial charge in [-0.25, -0.2) is 4.39 Å². The van der Waals surface area contributed by atoms with Crippen molar-refractivity contribution < 1.29 is 9.50 Å². The molecule has 0 aliphatic rings. The van der Waals surface area contributed by atoms with Crippen LogP contribution >= 0.6 is 0 Å². The standard InChI is InChI=1S/C11H17FN2O/c1-8(2)11(15)7-13-6-10-9(12)4-3-5-14-10/h3-5,8,11,13,15H,6-7H2,1-2H3. The highest BCUT2D eigenvalue weighted by molar-refractivity contribution is 5.06. The molecule has 1 atom stereocenters. The molecule has 0 aliphatic heterocycles. The Labute approximate surface area is 89.4 Å². The van der Waals surface area contributed by atoms with E-state index in [9.17, 15) is 9.50 Å². The van der Waals surface area contributed by atoms with E-state index in [4.69, 9.17) is 0 Å². The SMILES string of the molecule is CC(C)C(O)CNCc1ncccc1F. The number of hydrogen-bond acceptors (Lipinski definition) is 3. The van der Waals surface area contributed by atoms with Crippen LogP contribution < -0.4 is 5.32 Å². The third-order valence-corrected chi connectivity index (χ3v) is 2.25. The number of halogens is 1. The van der Waals surface area contributed by atoms with E-state index in [1.165, 1.54) is 6.07 Å². The molecule has 3 nitrogen and oxygen atoms in total. The van der Waals surface area contributed by atoms with Crippen LogP contribution in [0.2, 0.25) is 0 Å². The maximum Gasteiger partial charge on any atom is 0.146 e. The van der Waals surface area contributed by atoms with Gasteiger partial charge < -0.3 is 10.4 Å². The van der Waals surface area contributed by atoms with Crippen molar-refractivity contribution in [2.45, 2.75) is 26.5 Å². The van der Waals surface area contributed by atoms with Crippen molar-refractivity contribution in [3.05, 3.63) is 29.8 Å². The number of nitrogens with zero attached hydrogens (tertiary/aromatic N) is 1. The van der Waals surface area contributed by atoms with Crippen molar-refractivity contribution in [1.29, 1.82) is 0 Å². The highest BCUT2D eigenvalue weighted by atomic mass is 19.1. The fraction of sp³-hybridized carbons (Fsp3) is 0.545. The van der Waals surface area contributed by atoms with Crippen LogP contribution in [0.25, 0.3) is 0 Å². The zero-order valence-corrected chi connectivity index (χ0v) is 9.07. The van der Waals surface area contributed by atoms with Gasteiger partial charge in [-0.05, 0) is 18.1 Å². The largest absolute Gasteiger partial charge is 0.392 e. The van der Waals surface area contributed by atoms with E-state index < -0.39 is 6.10 Å². The summed E-state index contributed by atoms with van der Waals surface area (Å²) in [5.41, 5.74) is 0.383. The van der Waals surface area contributed by atoms with Crippen molar-refractivity contribution in [3.8, 4) is 0 Å². The maximum atomic E-state index is 13.1. The van der Waals surface area contributed by atoms with Gasteiger partial charge in [-0.1, -0.05) is 13.8 Å². The Balaban J connectivity index is 2.35. The van der Waals surface area contributed by atoms with Crippen LogP contribution in [-0.4, -0.2) is 22.7 Å². The first kappa shape index (κ1) is 12.1. The Morgan fingerprint density at radius 2 is 2.27 bits per heavy atom. The molecule has 1 heterocycles. The molecule has 0 bridgehead atoms. The second kappa shape index (κ2) is 5.78. The molecule has 0 radical (unpaired) electrons. The van der Waals surface area contributed by atoms with Gasteiger partial charge in [0.05, 0.1) is 11.8 Å². The molecule has 15 heavy (non-hydrogen) atoms. The average molecular weight is 212 g/mol. The highest BCUT2D eigenvalue weighted by Crippen LogP contribution is 2.03. The lowest BCUT2D eigenvalue weighted by Crippen LogP contribution is -2.30. The van der Waals surface area contributed by atoms with E-state index in [0.29, 0.717) is 18.8 Å². The van der Waals surface area contributed by atoms with Crippen LogP contribution in [0.4, 0.5) is 4.39 Å². The average Bonchev–Trinajstić information content (AvgIpc) is 2.20. The first-order chi connectivity index (χ1) is 7.11. The summed E-state index contributed by atoms with van der Waals surface area (Å²) in [4.78, 5) is 3.90. The summed E-state index contributed by atoms with van der Waals surface area (Å²) in [7, 11) is 0. The Bertz CT molecular complexity index is 304. The molecule has 4 heteroatoms. The van der Waals surface area contributed by atoms with E-state index in [1.807, 2.05) is 13.8 Å². The fourth-order valence-electron chi connectivity index (χ4n) is 1.12. The Morgan fingerprint density at radius 1 is 1.53 bits per heavy atom. The van der Waals surface area contributed by atoms with Gasteiger partial charge in [0.1, 0.15) is 5.82 Å². The fourth-order valence-corrected chi connectivity index (χ4v) is 1.12. The molecule has 0 saturated heterocycles. The van der Waals surface area contributed by atoms with E-state index in [2.05, 4.69) is 10.3 Å². The summed E-state index contributed by atoms with van der Waals surface area (Å²) in [6.07, 6.45) is 1.15. The molecular weight excluding hydrogens is 195 g/mol. The van der Waals surface area contributed by atoms with Gasteiger partial charge in [-0.3, -0.25) is 4.98 Å². The van der Waals surface area contributed by atoms with Crippen molar-refractivity contribution in [3.63, 3.8) is 0 Å². The predicted molar refractivity (Wildman–Crippen MR) is 56.7 cm³/mol. The van der Waals surface area contributed by atoms with Crippen molar-refractivity contribution in [2.24, 2.45) is 5.92 Å². The zero-order chi connectivity index (χ0) is 11.3. The van der Waals surface area contributed by atoms with E-state index >= 15 is 0 Å². The molecule has 0 fully saturated rings. The normalized spacial score (nSPS) is 13.1. The van der Waals surface area contributed by atoms with E-state index in [0.717, 1.165) is 0 Å². The second-order valence-electron chi connectivity index (χ2n) is 3.87. The summed E-state index contributed by atoms with van der Waals surface area (Å²) in [6.45, 7) is 4.67. The third kappa shape index (κ3) is 3.93. The minimum Gasteiger partial charge on any atom is -0.392 e. The summed E-state index contributed by atoms with van der Waals surface area (Å²) >= 11 is 0. The van der Waals surface area contributed by atoms with Gasteiger partial charge in [0.15, 0.2) is 0 Å². The molecule has 0 amide bonds. The molecule has 2 N–H and O–H groups in total. The lowest BCUT2D eigenvalue weighted by atomic mass is 10.1. The monoisotopic (exact) mass is 212 g/mol. The summed E-state index contributed by atoms with van der Waals surface area (Å²) in [6, 6.07) is 2.94. The van der Waals surface area contributed by atoms with Crippen LogP contribution in [0.5, 0.6) is 0 Å². The summed E-state index contributed by atoms with van der Waals surface area (Å²) in [5, 5.41) is 12.5. The molecule has 84 valence electrons. The van der Waals surface area contributed by atoms with Crippen LogP contribution in [0, 0.1) is 11.7 Å². The number of aliphatic hydroxyl groups is 1. The first-order valence-electron chi connectivity index (χ1n) is 5.09. The molecule has 1 rings (SSSR count). The smallest absolute Gasteiger partial charge is 0.146 e. The van der Waals surface area contributed by atoms with Crippen LogP contribution in [0.15, 0.2) is 18.3 Å². The summed E-state index contributed by atoms with van der Waals surface area (Å²) < 4.78 is 13.1. The third-order valence-electron chi connectivity index (χ3n) is 2.25. The number of nitrogens with one attached hydrogen (secondary N) is 1. The molecule has 0 spiro atoms. The quantitative estimate of drug-likeness (QED) is 0.774. The van der Waals surface area contributed by atoms with Gasteiger partial charge in [0.25, 0.3) is 0 Å². The lowest BCUT2D eigenvalue weighted by molar-refractivity contribution is 0.123. The number of aliphatic hydroxyl groups excluding tert-OH is 1. The van der Waals surface area contributed by atoms with Gasteiger partial charge in [0.2, 0.25) is 0 Å². The van der Waals surface area contributed by atoms with Crippen LogP contribution in [0.1, 0.15) is 19.5 Å². The number of rotatable bonds is 5. The molecule has 0 aromatic carbocycles. The summed E-state index contributed by atoms with van der Waals surface area (Å²) in [5.74, 6) is -0.116. The molecule has 0 aliphatic carbocycles. The Kier molecular flexibility index (Phi) is 4.65. The Hall–Kier alpha value is -1.00. The van der Waals surface area contributed by atoms with Crippen molar-refractivity contribution in [2.75, 3.05) is 6.54 Å². The van der Waals surface area contributed by atoms with Crippen LogP contribution in [-0.2, 0) is 6.54 Å². The van der Waals surface area contributed by atoms with Gasteiger partial charge in [-0.15, -0.1) is 0 Å². The van der Waals surface area contributed by atoms with Crippen LogP contribution in [0.3, 0.4) is 0 Å². The van der Waals surface area contributed by atoms with Gasteiger partial charge in [-0.2, -0.15) is 0 Å². The molecular formula is C11H17FN2O. The molecule has 0 saturated carbocycles. The molecule has 1 aromatic heterocycles. The number of pyridine rings is 1. The molecule has 1 unspecified atom stereocenters.